The van der Waals surface area contributed by atoms with Gasteiger partial charge in [0.1, 0.15) is 11.6 Å². The van der Waals surface area contributed by atoms with Crippen LogP contribution < -0.4 is 4.90 Å². The number of hydrogen-bond donors (Lipinski definition) is 2. The molecule has 126 valence electrons. The number of aliphatic hydroxyl groups excluding tert-OH is 1. The Bertz CT molecular complexity index is 608. The molecule has 6 heteroatoms. The molecule has 0 aromatic heterocycles. The second kappa shape index (κ2) is 8.43. The van der Waals surface area contributed by atoms with Gasteiger partial charge in [-0.1, -0.05) is 19.1 Å². The monoisotopic (exact) mass is 321 g/mol. The summed E-state index contributed by atoms with van der Waals surface area (Å²) in [5, 5.41) is 17.7. The molecular weight excluding hydrogens is 297 g/mol. The van der Waals surface area contributed by atoms with Crippen LogP contribution >= 0.6 is 0 Å². The first-order chi connectivity index (χ1) is 10.8. The summed E-state index contributed by atoms with van der Waals surface area (Å²) in [6.45, 7) is 3.87. The predicted molar refractivity (Wildman–Crippen MR) is 90.7 cm³/mol. The number of halogens is 1. The van der Waals surface area contributed by atoms with Crippen LogP contribution in [-0.4, -0.2) is 48.8 Å². The molecule has 0 fully saturated rings. The number of anilines is 1. The van der Waals surface area contributed by atoms with E-state index in [4.69, 9.17) is 5.41 Å². The van der Waals surface area contributed by atoms with Crippen LogP contribution in [0.4, 0.5) is 10.1 Å². The fourth-order valence-corrected chi connectivity index (χ4v) is 2.12. The average Bonchev–Trinajstić information content (AvgIpc) is 2.48. The van der Waals surface area contributed by atoms with Crippen LogP contribution in [0.3, 0.4) is 0 Å². The fourth-order valence-electron chi connectivity index (χ4n) is 2.12. The zero-order valence-electron chi connectivity index (χ0n) is 14.1. The Kier molecular flexibility index (Phi) is 6.90. The quantitative estimate of drug-likeness (QED) is 0.461. The number of benzene rings is 1. The Hall–Kier alpha value is -2.21. The first-order valence-electron chi connectivity index (χ1n) is 7.48. The summed E-state index contributed by atoms with van der Waals surface area (Å²) in [6.07, 6.45) is 0.303. The molecule has 0 bridgehead atoms. The van der Waals surface area contributed by atoms with E-state index < -0.39 is 11.7 Å². The maximum atomic E-state index is 14.1. The number of para-hydroxylation sites is 1. The molecule has 0 heterocycles. The van der Waals surface area contributed by atoms with Gasteiger partial charge in [-0.3, -0.25) is 4.79 Å². The molecule has 2 N–H and O–H groups in total. The number of allylic oxidation sites excluding steroid dienone is 1. The lowest BCUT2D eigenvalue weighted by atomic mass is 10.1. The number of aliphatic hydroxyl groups is 1. The Morgan fingerprint density at radius 2 is 1.87 bits per heavy atom. The minimum absolute atomic E-state index is 0.0289. The number of likely N-dealkylation sites (N-methyl/N-ethyl adjacent to an activating group) is 1. The molecule has 1 aromatic rings. The number of nitrogens with zero attached hydrogens (tertiary/aromatic N) is 2. The van der Waals surface area contributed by atoms with Crippen molar-refractivity contribution in [2.75, 3.05) is 32.1 Å². The second-order valence-corrected chi connectivity index (χ2v) is 5.50. The molecule has 0 saturated heterocycles. The van der Waals surface area contributed by atoms with Crippen LogP contribution in [-0.2, 0) is 4.79 Å². The van der Waals surface area contributed by atoms with Gasteiger partial charge < -0.3 is 20.3 Å². The van der Waals surface area contributed by atoms with Crippen molar-refractivity contribution in [1.29, 1.82) is 5.41 Å². The van der Waals surface area contributed by atoms with Crippen LogP contribution in [0.1, 0.15) is 20.3 Å². The maximum absolute atomic E-state index is 14.1. The van der Waals surface area contributed by atoms with Crippen molar-refractivity contribution in [2.24, 2.45) is 0 Å². The van der Waals surface area contributed by atoms with E-state index in [0.717, 1.165) is 0 Å². The summed E-state index contributed by atoms with van der Waals surface area (Å²) in [7, 11) is 3.71. The normalized spacial score (nSPS) is 12.1. The van der Waals surface area contributed by atoms with Gasteiger partial charge in [-0.2, -0.15) is 0 Å². The van der Waals surface area contributed by atoms with Crippen molar-refractivity contribution in [3.8, 4) is 0 Å². The van der Waals surface area contributed by atoms with Crippen molar-refractivity contribution in [2.45, 2.75) is 20.3 Å². The molecule has 0 spiro atoms. The van der Waals surface area contributed by atoms with Gasteiger partial charge >= 0.3 is 0 Å². The van der Waals surface area contributed by atoms with E-state index in [1.807, 2.05) is 19.0 Å². The minimum atomic E-state index is -0.566. The summed E-state index contributed by atoms with van der Waals surface area (Å²) in [5.74, 6) is -1.31. The van der Waals surface area contributed by atoms with E-state index in [1.165, 1.54) is 24.0 Å². The molecule has 1 rings (SSSR count). The second-order valence-electron chi connectivity index (χ2n) is 5.50. The van der Waals surface area contributed by atoms with Crippen molar-refractivity contribution in [3.05, 3.63) is 41.4 Å². The molecule has 1 amide bonds. The first-order valence-corrected chi connectivity index (χ1v) is 7.48. The van der Waals surface area contributed by atoms with Gasteiger partial charge in [0.25, 0.3) is 5.91 Å². The van der Waals surface area contributed by atoms with Gasteiger partial charge in [0.15, 0.2) is 0 Å². The van der Waals surface area contributed by atoms with E-state index in [1.54, 1.807) is 19.1 Å². The summed E-state index contributed by atoms with van der Waals surface area (Å²) in [4.78, 5) is 16.0. The summed E-state index contributed by atoms with van der Waals surface area (Å²) >= 11 is 0. The van der Waals surface area contributed by atoms with Gasteiger partial charge in [0.05, 0.1) is 11.3 Å². The third-order valence-electron chi connectivity index (χ3n) is 3.39. The van der Waals surface area contributed by atoms with Crippen LogP contribution in [0.25, 0.3) is 0 Å². The van der Waals surface area contributed by atoms with Crippen LogP contribution in [0.2, 0.25) is 0 Å². The van der Waals surface area contributed by atoms with Gasteiger partial charge in [0.2, 0.25) is 0 Å². The lowest BCUT2D eigenvalue weighted by molar-refractivity contribution is -0.114. The van der Waals surface area contributed by atoms with Crippen LogP contribution in [0.5, 0.6) is 0 Å². The Morgan fingerprint density at radius 1 is 1.26 bits per heavy atom. The average molecular weight is 321 g/mol. The zero-order chi connectivity index (χ0) is 17.6. The Labute approximate surface area is 136 Å². The number of rotatable bonds is 7. The lowest BCUT2D eigenvalue weighted by Crippen LogP contribution is -2.39. The van der Waals surface area contributed by atoms with E-state index in [9.17, 15) is 14.3 Å². The molecule has 0 aliphatic carbocycles. The number of nitrogens with one attached hydrogen (secondary N) is 1. The van der Waals surface area contributed by atoms with Crippen LogP contribution in [0.15, 0.2) is 35.6 Å². The molecule has 0 unspecified atom stereocenters. The van der Waals surface area contributed by atoms with Crippen molar-refractivity contribution < 1.29 is 14.3 Å². The molecule has 0 atom stereocenters. The van der Waals surface area contributed by atoms with Crippen molar-refractivity contribution in [3.63, 3.8) is 0 Å². The number of carbonyl (C=O) groups excluding carboxylic acids is 1. The first kappa shape index (κ1) is 18.8. The topological polar surface area (TPSA) is 67.6 Å². The van der Waals surface area contributed by atoms with E-state index in [-0.39, 0.29) is 29.3 Å². The lowest BCUT2D eigenvalue weighted by Gasteiger charge is -2.26. The summed E-state index contributed by atoms with van der Waals surface area (Å²) in [5.41, 5.74) is 0.0951. The van der Waals surface area contributed by atoms with E-state index in [2.05, 4.69) is 0 Å². The van der Waals surface area contributed by atoms with Crippen LogP contribution in [0, 0.1) is 11.2 Å². The highest BCUT2D eigenvalue weighted by Gasteiger charge is 2.26. The number of amides is 1. The largest absolute Gasteiger partial charge is 0.512 e. The van der Waals surface area contributed by atoms with E-state index >= 15 is 0 Å². The molecule has 1 aromatic carbocycles. The predicted octanol–water partition coefficient (Wildman–Crippen LogP) is 2.98. The zero-order valence-corrected chi connectivity index (χ0v) is 14.1. The highest BCUT2D eigenvalue weighted by molar-refractivity contribution is 6.25. The molecule has 0 aliphatic heterocycles. The minimum Gasteiger partial charge on any atom is -0.512 e. The van der Waals surface area contributed by atoms with Gasteiger partial charge in [-0.15, -0.1) is 0 Å². The van der Waals surface area contributed by atoms with Gasteiger partial charge in [-0.25, -0.2) is 4.39 Å². The SMILES string of the molecule is CCC(=N)C(C(=O)N(CCN(C)C)c1ccccc1F)=C(C)O. The molecule has 0 aliphatic rings. The standard InChI is InChI=1S/C17H24FN3O2/c1-5-14(19)16(12(2)22)17(23)21(11-10-20(3)4)15-9-7-6-8-13(15)18/h6-9,19,22H,5,10-11H2,1-4H3. The van der Waals surface area contributed by atoms with E-state index in [0.29, 0.717) is 13.0 Å². The molecule has 23 heavy (non-hydrogen) atoms. The maximum Gasteiger partial charge on any atom is 0.263 e. The molecular formula is C17H24FN3O2. The Morgan fingerprint density at radius 3 is 2.35 bits per heavy atom. The Balaban J connectivity index is 3.28. The molecule has 0 radical (unpaired) electrons. The smallest absolute Gasteiger partial charge is 0.263 e. The summed E-state index contributed by atoms with van der Waals surface area (Å²) < 4.78 is 14.1. The summed E-state index contributed by atoms with van der Waals surface area (Å²) in [6, 6.07) is 6.00. The fraction of sp³-hybridized carbons (Fsp3) is 0.412. The third-order valence-corrected chi connectivity index (χ3v) is 3.39. The highest BCUT2D eigenvalue weighted by atomic mass is 19.1. The molecule has 0 saturated carbocycles. The number of carbonyl (C=O) groups is 1. The molecule has 5 nitrogen and oxygen atoms in total. The van der Waals surface area contributed by atoms with Gasteiger partial charge in [-0.05, 0) is 39.6 Å². The number of hydrogen-bond acceptors (Lipinski definition) is 4. The third kappa shape index (κ3) is 4.89. The van der Waals surface area contributed by atoms with Crippen molar-refractivity contribution in [1.82, 2.24) is 4.90 Å². The van der Waals surface area contributed by atoms with Crippen molar-refractivity contribution >= 4 is 17.3 Å². The van der Waals surface area contributed by atoms with Gasteiger partial charge in [0, 0.05) is 18.8 Å². The highest BCUT2D eigenvalue weighted by Crippen LogP contribution is 2.22.